The van der Waals surface area contributed by atoms with Crippen molar-refractivity contribution in [3.05, 3.63) is 88.9 Å². The number of ether oxygens (including phenoxy) is 1. The lowest BCUT2D eigenvalue weighted by Crippen LogP contribution is -2.55. The second kappa shape index (κ2) is 9.62. The minimum absolute atomic E-state index is 0.0523. The summed E-state index contributed by atoms with van der Waals surface area (Å²) in [5, 5.41) is 6.13. The maximum Gasteiger partial charge on any atom is 0.417 e. The molecular formula is C27H24F4N4O3. The van der Waals surface area contributed by atoms with E-state index < -0.39 is 29.2 Å². The van der Waals surface area contributed by atoms with Crippen LogP contribution in [0, 0.1) is 5.82 Å². The number of halogens is 4. The molecule has 2 fully saturated rings. The normalized spacial score (nSPS) is 16.4. The molecule has 2 N–H and O–H groups in total. The fourth-order valence-electron chi connectivity index (χ4n) is 4.49. The molecule has 1 aromatic heterocycles. The Bertz CT molecular complexity index is 1350. The molecule has 0 radical (unpaired) electrons. The molecule has 1 amide bonds. The molecule has 0 atom stereocenters. The Hall–Kier alpha value is -4.15. The van der Waals surface area contributed by atoms with E-state index in [9.17, 15) is 27.2 Å². The van der Waals surface area contributed by atoms with Gasteiger partial charge in [-0.15, -0.1) is 0 Å². The SMILES string of the molecule is COC(=O)c1ccc(C2(NC(=O)c3cc(C(F)(F)F)cnc3N3CC(Nc4ccc(F)cc4)C3)CC2)cc1. The molecule has 3 aromatic rings. The van der Waals surface area contributed by atoms with Crippen LogP contribution in [-0.4, -0.2) is 43.1 Å². The lowest BCUT2D eigenvalue weighted by atomic mass is 10.0. The van der Waals surface area contributed by atoms with Gasteiger partial charge < -0.3 is 20.3 Å². The summed E-state index contributed by atoms with van der Waals surface area (Å²) in [6.45, 7) is 0.798. The highest BCUT2D eigenvalue weighted by atomic mass is 19.4. The summed E-state index contributed by atoms with van der Waals surface area (Å²) in [6, 6.07) is 13.2. The number of benzene rings is 2. The van der Waals surface area contributed by atoms with Crippen LogP contribution in [0.5, 0.6) is 0 Å². The van der Waals surface area contributed by atoms with Gasteiger partial charge in [-0.25, -0.2) is 14.2 Å². The number of methoxy groups -OCH3 is 1. The monoisotopic (exact) mass is 528 g/mol. The van der Waals surface area contributed by atoms with E-state index in [2.05, 4.69) is 15.6 Å². The number of esters is 1. The summed E-state index contributed by atoms with van der Waals surface area (Å²) in [5.41, 5.74) is -0.114. The van der Waals surface area contributed by atoms with Crippen LogP contribution in [0.4, 0.5) is 29.1 Å². The largest absolute Gasteiger partial charge is 0.465 e. The number of anilines is 2. The van der Waals surface area contributed by atoms with Crippen LogP contribution in [-0.2, 0) is 16.5 Å². The molecule has 5 rings (SSSR count). The predicted molar refractivity (Wildman–Crippen MR) is 131 cm³/mol. The van der Waals surface area contributed by atoms with Crippen LogP contribution < -0.4 is 15.5 Å². The van der Waals surface area contributed by atoms with Crippen LogP contribution in [0.25, 0.3) is 0 Å². The predicted octanol–water partition coefficient (Wildman–Crippen LogP) is 4.75. The van der Waals surface area contributed by atoms with Crippen molar-refractivity contribution in [3.63, 3.8) is 0 Å². The maximum atomic E-state index is 13.5. The van der Waals surface area contributed by atoms with E-state index in [-0.39, 0.29) is 23.2 Å². The van der Waals surface area contributed by atoms with E-state index in [1.165, 1.54) is 19.2 Å². The molecule has 2 heterocycles. The number of hydrogen-bond donors (Lipinski definition) is 2. The number of amides is 1. The first-order valence-electron chi connectivity index (χ1n) is 11.9. The third-order valence-electron chi connectivity index (χ3n) is 6.80. The molecule has 2 aliphatic rings. The molecule has 1 saturated heterocycles. The Morgan fingerprint density at radius 2 is 1.71 bits per heavy atom. The van der Waals surface area contributed by atoms with Gasteiger partial charge in [0.2, 0.25) is 0 Å². The number of carbonyl (C=O) groups excluding carboxylic acids is 2. The highest BCUT2D eigenvalue weighted by Crippen LogP contribution is 2.46. The first-order valence-corrected chi connectivity index (χ1v) is 11.9. The van der Waals surface area contributed by atoms with Crippen molar-refractivity contribution in [2.45, 2.75) is 30.6 Å². The second-order valence-electron chi connectivity index (χ2n) is 9.45. The molecule has 11 heteroatoms. The molecule has 1 aliphatic carbocycles. The van der Waals surface area contributed by atoms with Crippen molar-refractivity contribution in [2.24, 2.45) is 0 Å². The lowest BCUT2D eigenvalue weighted by Gasteiger charge is -2.41. The molecular weight excluding hydrogens is 504 g/mol. The fraction of sp³-hybridized carbons (Fsp3) is 0.296. The summed E-state index contributed by atoms with van der Waals surface area (Å²) in [6.07, 6.45) is -2.73. The van der Waals surface area contributed by atoms with Crippen molar-refractivity contribution in [1.29, 1.82) is 0 Å². The molecule has 38 heavy (non-hydrogen) atoms. The van der Waals surface area contributed by atoms with Gasteiger partial charge >= 0.3 is 12.1 Å². The summed E-state index contributed by atoms with van der Waals surface area (Å²) in [7, 11) is 1.28. The van der Waals surface area contributed by atoms with Gasteiger partial charge in [0.25, 0.3) is 5.91 Å². The maximum absolute atomic E-state index is 13.5. The first-order chi connectivity index (χ1) is 18.1. The standard InChI is InChI=1S/C27H24F4N4O3/c1-38-25(37)16-2-4-17(5-3-16)26(10-11-26)34-24(36)22-12-18(27(29,30)31)13-32-23(22)35-14-21(15-35)33-20-8-6-19(28)7-9-20/h2-9,12-13,21,33H,10-11,14-15H2,1H3,(H,34,36). The Kier molecular flexibility index (Phi) is 6.46. The Morgan fingerprint density at radius 1 is 1.05 bits per heavy atom. The summed E-state index contributed by atoms with van der Waals surface area (Å²) >= 11 is 0. The van der Waals surface area contributed by atoms with E-state index >= 15 is 0 Å². The van der Waals surface area contributed by atoms with Gasteiger partial charge in [0, 0.05) is 25.0 Å². The number of rotatable bonds is 7. The average molecular weight is 529 g/mol. The van der Waals surface area contributed by atoms with Crippen molar-refractivity contribution < 1.29 is 31.9 Å². The number of nitrogens with zero attached hydrogens (tertiary/aromatic N) is 2. The Morgan fingerprint density at radius 3 is 2.29 bits per heavy atom. The molecule has 1 saturated carbocycles. The number of carbonyl (C=O) groups is 2. The molecule has 1 aliphatic heterocycles. The van der Waals surface area contributed by atoms with E-state index in [1.807, 2.05) is 0 Å². The molecule has 0 bridgehead atoms. The van der Waals surface area contributed by atoms with Gasteiger partial charge in [0.05, 0.1) is 35.4 Å². The van der Waals surface area contributed by atoms with E-state index in [0.29, 0.717) is 37.2 Å². The summed E-state index contributed by atoms with van der Waals surface area (Å²) in [4.78, 5) is 30.8. The van der Waals surface area contributed by atoms with Gasteiger partial charge in [-0.3, -0.25) is 4.79 Å². The van der Waals surface area contributed by atoms with Crippen molar-refractivity contribution in [3.8, 4) is 0 Å². The van der Waals surface area contributed by atoms with Gasteiger partial charge in [-0.05, 0) is 60.9 Å². The van der Waals surface area contributed by atoms with Crippen LogP contribution >= 0.6 is 0 Å². The third kappa shape index (κ3) is 5.13. The molecule has 7 nitrogen and oxygen atoms in total. The van der Waals surface area contributed by atoms with E-state index in [1.54, 1.807) is 41.3 Å². The van der Waals surface area contributed by atoms with Gasteiger partial charge in [-0.1, -0.05) is 12.1 Å². The number of nitrogens with one attached hydrogen (secondary N) is 2. The highest BCUT2D eigenvalue weighted by Gasteiger charge is 2.46. The molecule has 0 spiro atoms. The molecule has 198 valence electrons. The Labute approximate surface area is 215 Å². The highest BCUT2D eigenvalue weighted by molar-refractivity contribution is 6.00. The summed E-state index contributed by atoms with van der Waals surface area (Å²) < 4.78 is 58.3. The Balaban J connectivity index is 1.34. The zero-order chi connectivity index (χ0) is 27.1. The van der Waals surface area contributed by atoms with Crippen molar-refractivity contribution in [2.75, 3.05) is 30.4 Å². The van der Waals surface area contributed by atoms with Crippen LogP contribution in [0.1, 0.15) is 44.7 Å². The van der Waals surface area contributed by atoms with Crippen molar-refractivity contribution in [1.82, 2.24) is 10.3 Å². The van der Waals surface area contributed by atoms with Crippen LogP contribution in [0.3, 0.4) is 0 Å². The number of pyridine rings is 1. The number of alkyl halides is 3. The zero-order valence-corrected chi connectivity index (χ0v) is 20.3. The lowest BCUT2D eigenvalue weighted by molar-refractivity contribution is -0.137. The number of hydrogen-bond acceptors (Lipinski definition) is 6. The quantitative estimate of drug-likeness (QED) is 0.340. The second-order valence-corrected chi connectivity index (χ2v) is 9.45. The average Bonchev–Trinajstić information content (AvgIpc) is 3.66. The summed E-state index contributed by atoms with van der Waals surface area (Å²) in [5.74, 6) is -1.36. The third-order valence-corrected chi connectivity index (χ3v) is 6.80. The minimum atomic E-state index is -4.66. The molecule has 0 unspecified atom stereocenters. The van der Waals surface area contributed by atoms with Gasteiger partial charge in [0.1, 0.15) is 11.6 Å². The van der Waals surface area contributed by atoms with Crippen LogP contribution in [0.2, 0.25) is 0 Å². The minimum Gasteiger partial charge on any atom is -0.465 e. The molecule has 2 aromatic carbocycles. The van der Waals surface area contributed by atoms with Gasteiger partial charge in [0.15, 0.2) is 0 Å². The van der Waals surface area contributed by atoms with E-state index in [4.69, 9.17) is 4.74 Å². The fourth-order valence-corrected chi connectivity index (χ4v) is 4.49. The zero-order valence-electron chi connectivity index (χ0n) is 20.3. The smallest absolute Gasteiger partial charge is 0.417 e. The van der Waals surface area contributed by atoms with Crippen LogP contribution in [0.15, 0.2) is 60.8 Å². The number of aromatic nitrogens is 1. The van der Waals surface area contributed by atoms with Crippen molar-refractivity contribution >= 4 is 23.4 Å². The van der Waals surface area contributed by atoms with E-state index in [0.717, 1.165) is 17.8 Å². The first kappa shape index (κ1) is 25.5. The topological polar surface area (TPSA) is 83.6 Å². The van der Waals surface area contributed by atoms with Gasteiger partial charge in [-0.2, -0.15) is 13.2 Å².